The van der Waals surface area contributed by atoms with Crippen LogP contribution in [0.15, 0.2) is 48.5 Å². The number of carbonyl (C=O) groups is 2. The lowest BCUT2D eigenvalue weighted by molar-refractivity contribution is -0.139. The van der Waals surface area contributed by atoms with Crippen molar-refractivity contribution in [2.24, 2.45) is 5.73 Å². The predicted molar refractivity (Wildman–Crippen MR) is 111 cm³/mol. The van der Waals surface area contributed by atoms with Gasteiger partial charge in [0.2, 0.25) is 5.91 Å². The summed E-state index contributed by atoms with van der Waals surface area (Å²) in [6, 6.07) is 15.7. The molecule has 28 heavy (non-hydrogen) atoms. The molecule has 2 N–H and O–H groups in total. The zero-order valence-electron chi connectivity index (χ0n) is 17.1. The van der Waals surface area contributed by atoms with Crippen LogP contribution in [0.5, 0.6) is 5.75 Å². The van der Waals surface area contributed by atoms with Crippen molar-refractivity contribution in [1.82, 2.24) is 4.90 Å². The van der Waals surface area contributed by atoms with Gasteiger partial charge in [-0.25, -0.2) is 0 Å². The summed E-state index contributed by atoms with van der Waals surface area (Å²) in [7, 11) is 0. The van der Waals surface area contributed by atoms with Crippen LogP contribution < -0.4 is 10.5 Å². The van der Waals surface area contributed by atoms with Gasteiger partial charge in [-0.3, -0.25) is 9.59 Å². The van der Waals surface area contributed by atoms with Gasteiger partial charge in [-0.05, 0) is 42.5 Å². The molecule has 0 heterocycles. The van der Waals surface area contributed by atoms with Gasteiger partial charge in [-0.2, -0.15) is 0 Å². The molecule has 0 radical (unpaired) electrons. The first-order valence-electron chi connectivity index (χ1n) is 9.66. The molecule has 5 heteroatoms. The van der Waals surface area contributed by atoms with E-state index in [1.807, 2.05) is 55.5 Å². The summed E-state index contributed by atoms with van der Waals surface area (Å²) in [6.07, 6.45) is -0.552. The molecule has 5 nitrogen and oxygen atoms in total. The number of aryl methyl sites for hydroxylation is 1. The van der Waals surface area contributed by atoms with Crippen LogP contribution in [0.25, 0.3) is 0 Å². The zero-order valence-corrected chi connectivity index (χ0v) is 17.1. The first kappa shape index (κ1) is 21.5. The minimum absolute atomic E-state index is 0.118. The van der Waals surface area contributed by atoms with E-state index in [1.54, 1.807) is 11.8 Å². The van der Waals surface area contributed by atoms with Crippen molar-refractivity contribution in [3.05, 3.63) is 65.2 Å². The summed E-state index contributed by atoms with van der Waals surface area (Å²) >= 11 is 0. The summed E-state index contributed by atoms with van der Waals surface area (Å²) in [6.45, 7) is 8.61. The van der Waals surface area contributed by atoms with E-state index in [2.05, 4.69) is 13.8 Å². The number of hydrogen-bond acceptors (Lipinski definition) is 3. The predicted octanol–water partition coefficient (Wildman–Crippen LogP) is 3.79. The van der Waals surface area contributed by atoms with Crippen molar-refractivity contribution in [1.29, 1.82) is 0 Å². The molecular weight excluding hydrogens is 352 g/mol. The lowest BCUT2D eigenvalue weighted by atomic mass is 10.0. The number of rotatable bonds is 9. The van der Waals surface area contributed by atoms with E-state index in [-0.39, 0.29) is 24.8 Å². The Bertz CT molecular complexity index is 803. The van der Waals surface area contributed by atoms with Crippen LogP contribution in [0, 0.1) is 6.92 Å². The zero-order chi connectivity index (χ0) is 20.7. The topological polar surface area (TPSA) is 72.6 Å². The van der Waals surface area contributed by atoms with Crippen molar-refractivity contribution in [2.75, 3.05) is 6.54 Å². The summed E-state index contributed by atoms with van der Waals surface area (Å²) < 4.78 is 6.07. The summed E-state index contributed by atoms with van der Waals surface area (Å²) in [5.74, 6) is 0.417. The van der Waals surface area contributed by atoms with E-state index in [9.17, 15) is 9.59 Å². The second kappa shape index (κ2) is 9.93. The summed E-state index contributed by atoms with van der Waals surface area (Å²) in [5, 5.41) is 0. The quantitative estimate of drug-likeness (QED) is 0.717. The Balaban J connectivity index is 2.18. The van der Waals surface area contributed by atoms with Crippen LogP contribution in [0.2, 0.25) is 0 Å². The molecular formula is C23H30N2O3. The standard InChI is InChI=1S/C23H30N2O3/c1-16(2)20-11-10-17(3)14-21(20)28-18(4)23(27)25(13-12-22(24)26)15-19-8-6-5-7-9-19/h5-11,14,16,18H,12-13,15H2,1-4H3,(H2,24,26). The number of nitrogens with zero attached hydrogens (tertiary/aromatic N) is 1. The van der Waals surface area contributed by atoms with Gasteiger partial charge in [0.1, 0.15) is 5.75 Å². The summed E-state index contributed by atoms with van der Waals surface area (Å²) in [4.78, 5) is 26.0. The molecule has 2 aromatic carbocycles. The number of carbonyl (C=O) groups excluding carboxylic acids is 2. The third kappa shape index (κ3) is 6.12. The van der Waals surface area contributed by atoms with Crippen molar-refractivity contribution in [3.63, 3.8) is 0 Å². The molecule has 1 atom stereocenters. The molecule has 0 spiro atoms. The number of primary amides is 1. The van der Waals surface area contributed by atoms with Crippen LogP contribution in [0.3, 0.4) is 0 Å². The van der Waals surface area contributed by atoms with Gasteiger partial charge in [0.05, 0.1) is 0 Å². The van der Waals surface area contributed by atoms with E-state index >= 15 is 0 Å². The highest BCUT2D eigenvalue weighted by atomic mass is 16.5. The fourth-order valence-electron chi connectivity index (χ4n) is 3.03. The Morgan fingerprint density at radius 2 is 1.75 bits per heavy atom. The minimum atomic E-state index is -0.670. The summed E-state index contributed by atoms with van der Waals surface area (Å²) in [5.41, 5.74) is 8.43. The lowest BCUT2D eigenvalue weighted by Crippen LogP contribution is -2.41. The Kier molecular flexibility index (Phi) is 7.61. The van der Waals surface area contributed by atoms with Crippen LogP contribution in [-0.2, 0) is 16.1 Å². The molecule has 2 amide bonds. The normalized spacial score (nSPS) is 11.9. The number of nitrogens with two attached hydrogens (primary N) is 1. The SMILES string of the molecule is Cc1ccc(C(C)C)c(OC(C)C(=O)N(CCC(N)=O)Cc2ccccc2)c1. The van der Waals surface area contributed by atoms with Crippen molar-refractivity contribution >= 4 is 11.8 Å². The molecule has 0 aliphatic carbocycles. The smallest absolute Gasteiger partial charge is 0.263 e. The molecule has 0 aliphatic rings. The van der Waals surface area contributed by atoms with Crippen LogP contribution in [0.1, 0.15) is 49.8 Å². The number of ether oxygens (including phenoxy) is 1. The van der Waals surface area contributed by atoms with Gasteiger partial charge in [0.25, 0.3) is 5.91 Å². The molecule has 0 fully saturated rings. The van der Waals surface area contributed by atoms with E-state index in [4.69, 9.17) is 10.5 Å². The largest absolute Gasteiger partial charge is 0.481 e. The molecule has 1 unspecified atom stereocenters. The van der Waals surface area contributed by atoms with Crippen LogP contribution in [-0.4, -0.2) is 29.4 Å². The van der Waals surface area contributed by atoms with Crippen LogP contribution in [0.4, 0.5) is 0 Å². The molecule has 2 rings (SSSR count). The molecule has 2 aromatic rings. The highest BCUT2D eigenvalue weighted by molar-refractivity contribution is 5.82. The van der Waals surface area contributed by atoms with Crippen molar-refractivity contribution in [3.8, 4) is 5.75 Å². The van der Waals surface area contributed by atoms with E-state index in [0.717, 1.165) is 22.4 Å². The maximum absolute atomic E-state index is 13.1. The van der Waals surface area contributed by atoms with E-state index < -0.39 is 12.0 Å². The third-order valence-electron chi connectivity index (χ3n) is 4.60. The first-order chi connectivity index (χ1) is 13.3. The highest BCUT2D eigenvalue weighted by Crippen LogP contribution is 2.28. The maximum atomic E-state index is 13.1. The third-order valence-corrected chi connectivity index (χ3v) is 4.60. The molecule has 0 aliphatic heterocycles. The average Bonchev–Trinajstić information content (AvgIpc) is 2.65. The van der Waals surface area contributed by atoms with Crippen molar-refractivity contribution in [2.45, 2.75) is 52.7 Å². The maximum Gasteiger partial charge on any atom is 0.263 e. The molecule has 0 aromatic heterocycles. The highest BCUT2D eigenvalue weighted by Gasteiger charge is 2.24. The van der Waals surface area contributed by atoms with Gasteiger partial charge in [-0.1, -0.05) is 56.3 Å². The van der Waals surface area contributed by atoms with Gasteiger partial charge < -0.3 is 15.4 Å². The molecule has 0 saturated carbocycles. The Morgan fingerprint density at radius 1 is 1.07 bits per heavy atom. The second-order valence-electron chi connectivity index (χ2n) is 7.42. The number of hydrogen-bond donors (Lipinski definition) is 1. The van der Waals surface area contributed by atoms with Gasteiger partial charge >= 0.3 is 0 Å². The van der Waals surface area contributed by atoms with E-state index in [0.29, 0.717) is 6.54 Å². The molecule has 0 saturated heterocycles. The van der Waals surface area contributed by atoms with E-state index in [1.165, 1.54) is 0 Å². The molecule has 0 bridgehead atoms. The van der Waals surface area contributed by atoms with Gasteiger partial charge in [-0.15, -0.1) is 0 Å². The fourth-order valence-corrected chi connectivity index (χ4v) is 3.03. The average molecular weight is 383 g/mol. The lowest BCUT2D eigenvalue weighted by Gasteiger charge is -2.27. The second-order valence-corrected chi connectivity index (χ2v) is 7.42. The first-order valence-corrected chi connectivity index (χ1v) is 9.66. The number of amides is 2. The van der Waals surface area contributed by atoms with Crippen molar-refractivity contribution < 1.29 is 14.3 Å². The number of benzene rings is 2. The van der Waals surface area contributed by atoms with Gasteiger partial charge in [0, 0.05) is 19.5 Å². The Morgan fingerprint density at radius 3 is 2.36 bits per heavy atom. The minimum Gasteiger partial charge on any atom is -0.481 e. The Labute approximate surface area is 167 Å². The molecule has 150 valence electrons. The Hall–Kier alpha value is -2.82. The monoisotopic (exact) mass is 382 g/mol. The fraction of sp³-hybridized carbons (Fsp3) is 0.391. The van der Waals surface area contributed by atoms with Crippen LogP contribution >= 0.6 is 0 Å². The van der Waals surface area contributed by atoms with Gasteiger partial charge in [0.15, 0.2) is 6.10 Å².